The van der Waals surface area contributed by atoms with Crippen molar-refractivity contribution < 1.29 is 9.53 Å². The number of benzene rings is 1. The molecule has 1 rings (SSSR count). The van der Waals surface area contributed by atoms with Gasteiger partial charge in [0.15, 0.2) is 0 Å². The van der Waals surface area contributed by atoms with Crippen LogP contribution in [0.4, 0.5) is 5.69 Å². The Hall–Kier alpha value is -1.51. The van der Waals surface area contributed by atoms with Crippen molar-refractivity contribution >= 4 is 11.7 Å². The number of esters is 1. The number of anilines is 1. The summed E-state index contributed by atoms with van der Waals surface area (Å²) in [4.78, 5) is 10.8. The van der Waals surface area contributed by atoms with Gasteiger partial charge in [-0.25, -0.2) is 0 Å². The summed E-state index contributed by atoms with van der Waals surface area (Å²) in [5, 5.41) is 3.30. The minimum absolute atomic E-state index is 0.292. The molecule has 0 atom stereocenters. The fraction of sp³-hybridized carbons (Fsp3) is 0.462. The van der Waals surface area contributed by atoms with Crippen molar-refractivity contribution in [1.82, 2.24) is 0 Å². The van der Waals surface area contributed by atoms with Crippen molar-refractivity contribution in [2.45, 2.75) is 27.2 Å². The van der Waals surface area contributed by atoms with Crippen molar-refractivity contribution in [3.05, 3.63) is 24.3 Å². The van der Waals surface area contributed by atoms with Gasteiger partial charge in [-0.15, -0.1) is 0 Å². The highest BCUT2D eigenvalue weighted by molar-refractivity contribution is 5.69. The van der Waals surface area contributed by atoms with Crippen LogP contribution in [0.3, 0.4) is 0 Å². The molecule has 1 N–H and O–H groups in total. The summed E-state index contributed by atoms with van der Waals surface area (Å²) in [6.07, 6.45) is 1.12. The maximum atomic E-state index is 10.8. The summed E-state index contributed by atoms with van der Waals surface area (Å²) < 4.78 is 5.00. The first-order chi connectivity index (χ1) is 7.58. The highest BCUT2D eigenvalue weighted by Gasteiger charge is 1.99. The molecule has 0 aromatic heterocycles. The fourth-order valence-electron chi connectivity index (χ4n) is 1.34. The largest absolute Gasteiger partial charge is 0.427 e. The van der Waals surface area contributed by atoms with Gasteiger partial charge in [-0.2, -0.15) is 0 Å². The van der Waals surface area contributed by atoms with E-state index in [-0.39, 0.29) is 5.97 Å². The maximum absolute atomic E-state index is 10.8. The van der Waals surface area contributed by atoms with Crippen molar-refractivity contribution in [1.29, 1.82) is 0 Å². The van der Waals surface area contributed by atoms with Gasteiger partial charge < -0.3 is 10.1 Å². The van der Waals surface area contributed by atoms with Gasteiger partial charge >= 0.3 is 5.97 Å². The molecule has 0 radical (unpaired) electrons. The zero-order chi connectivity index (χ0) is 12.0. The molecule has 3 nitrogen and oxygen atoms in total. The molecule has 16 heavy (non-hydrogen) atoms. The molecule has 0 spiro atoms. The van der Waals surface area contributed by atoms with E-state index >= 15 is 0 Å². The van der Waals surface area contributed by atoms with Crippen molar-refractivity contribution in [3.63, 3.8) is 0 Å². The standard InChI is InChI=1S/C13H19NO2/c1-10(2)7-8-14-12-5-4-6-13(9-12)16-11(3)15/h4-6,9-10,14H,7-8H2,1-3H3. The van der Waals surface area contributed by atoms with Gasteiger partial charge in [-0.05, 0) is 24.5 Å². The Balaban J connectivity index is 2.50. The smallest absolute Gasteiger partial charge is 0.308 e. The minimum atomic E-state index is -0.292. The average molecular weight is 221 g/mol. The normalized spacial score (nSPS) is 10.2. The quantitative estimate of drug-likeness (QED) is 0.613. The van der Waals surface area contributed by atoms with E-state index in [1.165, 1.54) is 6.92 Å². The molecule has 0 aliphatic rings. The van der Waals surface area contributed by atoms with Crippen molar-refractivity contribution in [2.75, 3.05) is 11.9 Å². The predicted octanol–water partition coefficient (Wildman–Crippen LogP) is 3.07. The van der Waals surface area contributed by atoms with Crippen LogP contribution in [-0.2, 0) is 4.79 Å². The van der Waals surface area contributed by atoms with Gasteiger partial charge in [0.25, 0.3) is 0 Å². The molecule has 0 bridgehead atoms. The highest BCUT2D eigenvalue weighted by Crippen LogP contribution is 2.17. The van der Waals surface area contributed by atoms with Crippen LogP contribution in [0.2, 0.25) is 0 Å². The van der Waals surface area contributed by atoms with Crippen LogP contribution in [0.25, 0.3) is 0 Å². The lowest BCUT2D eigenvalue weighted by Crippen LogP contribution is -2.05. The number of carbonyl (C=O) groups is 1. The number of rotatable bonds is 5. The van der Waals surface area contributed by atoms with E-state index in [9.17, 15) is 4.79 Å². The van der Waals surface area contributed by atoms with Gasteiger partial charge in [0.2, 0.25) is 0 Å². The Morgan fingerprint density at radius 1 is 1.44 bits per heavy atom. The van der Waals surface area contributed by atoms with Crippen LogP contribution in [0.5, 0.6) is 5.75 Å². The van der Waals surface area contributed by atoms with Crippen LogP contribution >= 0.6 is 0 Å². The average Bonchev–Trinajstić information content (AvgIpc) is 2.16. The molecule has 1 aromatic rings. The second-order valence-corrected chi connectivity index (χ2v) is 4.23. The summed E-state index contributed by atoms with van der Waals surface area (Å²) in [5.41, 5.74) is 0.986. The lowest BCUT2D eigenvalue weighted by Gasteiger charge is -2.09. The lowest BCUT2D eigenvalue weighted by atomic mass is 10.1. The molecule has 0 heterocycles. The maximum Gasteiger partial charge on any atom is 0.308 e. The number of nitrogens with one attached hydrogen (secondary N) is 1. The first-order valence-electron chi connectivity index (χ1n) is 5.60. The third kappa shape index (κ3) is 4.82. The molecule has 3 heteroatoms. The summed E-state index contributed by atoms with van der Waals surface area (Å²) in [7, 11) is 0. The van der Waals surface area contributed by atoms with E-state index < -0.39 is 0 Å². The Labute approximate surface area is 96.8 Å². The topological polar surface area (TPSA) is 38.3 Å². The van der Waals surface area contributed by atoms with E-state index in [0.717, 1.165) is 18.7 Å². The van der Waals surface area contributed by atoms with Gasteiger partial charge in [-0.3, -0.25) is 4.79 Å². The molecule has 0 saturated carbocycles. The highest BCUT2D eigenvalue weighted by atomic mass is 16.5. The van der Waals surface area contributed by atoms with Crippen LogP contribution in [0, 0.1) is 5.92 Å². The second-order valence-electron chi connectivity index (χ2n) is 4.23. The SMILES string of the molecule is CC(=O)Oc1cccc(NCCC(C)C)c1. The molecule has 1 aromatic carbocycles. The molecule has 88 valence electrons. The summed E-state index contributed by atoms with van der Waals surface area (Å²) in [6, 6.07) is 7.44. The molecule has 0 amide bonds. The first kappa shape index (κ1) is 12.6. The molecule has 0 aliphatic carbocycles. The Morgan fingerprint density at radius 2 is 2.19 bits per heavy atom. The molecule has 0 aliphatic heterocycles. The van der Waals surface area contributed by atoms with Crippen LogP contribution in [-0.4, -0.2) is 12.5 Å². The Kier molecular flexibility index (Phi) is 4.83. The van der Waals surface area contributed by atoms with Gasteiger partial charge in [0, 0.05) is 25.2 Å². The monoisotopic (exact) mass is 221 g/mol. The van der Waals surface area contributed by atoms with Crippen molar-refractivity contribution in [2.24, 2.45) is 5.92 Å². The van der Waals surface area contributed by atoms with Gasteiger partial charge in [0.1, 0.15) is 5.75 Å². The number of ether oxygens (including phenoxy) is 1. The Morgan fingerprint density at radius 3 is 2.81 bits per heavy atom. The zero-order valence-corrected chi connectivity index (χ0v) is 10.1. The van der Waals surface area contributed by atoms with E-state index in [4.69, 9.17) is 4.74 Å². The molecule has 0 unspecified atom stereocenters. The molecule has 0 fully saturated rings. The van der Waals surface area contributed by atoms with Crippen LogP contribution in [0.1, 0.15) is 27.2 Å². The van der Waals surface area contributed by atoms with E-state index in [0.29, 0.717) is 11.7 Å². The lowest BCUT2D eigenvalue weighted by molar-refractivity contribution is -0.131. The fourth-order valence-corrected chi connectivity index (χ4v) is 1.34. The molecule has 0 saturated heterocycles. The third-order valence-corrected chi connectivity index (χ3v) is 2.15. The van der Waals surface area contributed by atoms with Crippen molar-refractivity contribution in [3.8, 4) is 5.75 Å². The third-order valence-electron chi connectivity index (χ3n) is 2.15. The van der Waals surface area contributed by atoms with Gasteiger partial charge in [0.05, 0.1) is 0 Å². The molecular weight excluding hydrogens is 202 g/mol. The van der Waals surface area contributed by atoms with E-state index in [1.54, 1.807) is 6.07 Å². The van der Waals surface area contributed by atoms with Crippen LogP contribution < -0.4 is 10.1 Å². The Bertz CT molecular complexity index is 348. The number of hydrogen-bond acceptors (Lipinski definition) is 3. The second kappa shape index (κ2) is 6.16. The number of hydrogen-bond donors (Lipinski definition) is 1. The van der Waals surface area contributed by atoms with Gasteiger partial charge in [-0.1, -0.05) is 19.9 Å². The summed E-state index contributed by atoms with van der Waals surface area (Å²) in [6.45, 7) is 6.72. The number of carbonyl (C=O) groups excluding carboxylic acids is 1. The van der Waals surface area contributed by atoms with E-state index in [2.05, 4.69) is 19.2 Å². The van der Waals surface area contributed by atoms with Crippen LogP contribution in [0.15, 0.2) is 24.3 Å². The summed E-state index contributed by atoms with van der Waals surface area (Å²) in [5.74, 6) is 0.977. The zero-order valence-electron chi connectivity index (χ0n) is 10.1. The minimum Gasteiger partial charge on any atom is -0.427 e. The van der Waals surface area contributed by atoms with E-state index in [1.807, 2.05) is 18.2 Å². The predicted molar refractivity (Wildman–Crippen MR) is 65.7 cm³/mol. The first-order valence-corrected chi connectivity index (χ1v) is 5.60. The molecular formula is C13H19NO2. The summed E-state index contributed by atoms with van der Waals surface area (Å²) >= 11 is 0.